The molecule has 1 amide bonds. The SMILES string of the molecule is O=C(NC1CCCc2ccccc21)c1ccc(OC(F)F)cc1. The summed E-state index contributed by atoms with van der Waals surface area (Å²) in [6.07, 6.45) is 2.96. The zero-order chi connectivity index (χ0) is 16.2. The number of carbonyl (C=O) groups is 1. The molecule has 0 radical (unpaired) electrons. The number of fused-ring (bicyclic) bond motifs is 1. The molecule has 1 unspecified atom stereocenters. The van der Waals surface area contributed by atoms with E-state index >= 15 is 0 Å². The van der Waals surface area contributed by atoms with Crippen LogP contribution in [0.5, 0.6) is 5.75 Å². The first kappa shape index (κ1) is 15.5. The minimum Gasteiger partial charge on any atom is -0.435 e. The number of hydrogen-bond donors (Lipinski definition) is 1. The number of benzene rings is 2. The molecular weight excluding hydrogens is 300 g/mol. The highest BCUT2D eigenvalue weighted by atomic mass is 19.3. The molecule has 0 aromatic heterocycles. The van der Waals surface area contributed by atoms with E-state index in [0.29, 0.717) is 5.56 Å². The van der Waals surface area contributed by atoms with Gasteiger partial charge in [0.1, 0.15) is 5.75 Å². The Morgan fingerprint density at radius 3 is 2.61 bits per heavy atom. The quantitative estimate of drug-likeness (QED) is 0.922. The molecule has 0 aliphatic heterocycles. The summed E-state index contributed by atoms with van der Waals surface area (Å²) in [5, 5.41) is 3.02. The van der Waals surface area contributed by atoms with Crippen molar-refractivity contribution in [1.29, 1.82) is 0 Å². The summed E-state index contributed by atoms with van der Waals surface area (Å²) in [6, 6.07) is 13.8. The number of amides is 1. The van der Waals surface area contributed by atoms with Crippen LogP contribution in [-0.4, -0.2) is 12.5 Å². The summed E-state index contributed by atoms with van der Waals surface area (Å²) < 4.78 is 28.5. The Labute approximate surface area is 133 Å². The monoisotopic (exact) mass is 317 g/mol. The maximum absolute atomic E-state index is 12.4. The molecule has 2 aromatic rings. The third kappa shape index (κ3) is 3.67. The Kier molecular flexibility index (Phi) is 4.55. The van der Waals surface area contributed by atoms with Gasteiger partial charge in [0, 0.05) is 5.56 Å². The van der Waals surface area contributed by atoms with Crippen molar-refractivity contribution in [2.45, 2.75) is 31.9 Å². The lowest BCUT2D eigenvalue weighted by molar-refractivity contribution is -0.0498. The molecule has 5 heteroatoms. The van der Waals surface area contributed by atoms with E-state index in [2.05, 4.69) is 16.1 Å². The molecule has 0 bridgehead atoms. The predicted molar refractivity (Wildman–Crippen MR) is 82.7 cm³/mol. The number of hydrogen-bond acceptors (Lipinski definition) is 2. The average Bonchev–Trinajstić information content (AvgIpc) is 2.55. The molecule has 120 valence electrons. The van der Waals surface area contributed by atoms with Gasteiger partial charge in [-0.15, -0.1) is 0 Å². The second-order valence-electron chi connectivity index (χ2n) is 5.52. The molecule has 0 fully saturated rings. The van der Waals surface area contributed by atoms with Crippen LogP contribution in [0.4, 0.5) is 8.78 Å². The van der Waals surface area contributed by atoms with Crippen molar-refractivity contribution in [3.05, 3.63) is 65.2 Å². The van der Waals surface area contributed by atoms with Crippen LogP contribution in [0.15, 0.2) is 48.5 Å². The van der Waals surface area contributed by atoms with Crippen molar-refractivity contribution >= 4 is 5.91 Å². The summed E-state index contributed by atoms with van der Waals surface area (Å²) in [6.45, 7) is -2.87. The molecule has 3 nitrogen and oxygen atoms in total. The van der Waals surface area contributed by atoms with Gasteiger partial charge in [-0.3, -0.25) is 4.79 Å². The maximum Gasteiger partial charge on any atom is 0.387 e. The zero-order valence-corrected chi connectivity index (χ0v) is 12.5. The van der Waals surface area contributed by atoms with E-state index in [4.69, 9.17) is 0 Å². The van der Waals surface area contributed by atoms with Crippen molar-refractivity contribution in [2.75, 3.05) is 0 Å². The number of rotatable bonds is 4. The third-order valence-electron chi connectivity index (χ3n) is 4.02. The van der Waals surface area contributed by atoms with Crippen LogP contribution in [0.2, 0.25) is 0 Å². The highest BCUT2D eigenvalue weighted by Crippen LogP contribution is 2.29. The third-order valence-corrected chi connectivity index (χ3v) is 4.02. The van der Waals surface area contributed by atoms with E-state index in [9.17, 15) is 13.6 Å². The Hall–Kier alpha value is -2.43. The van der Waals surface area contributed by atoms with E-state index in [-0.39, 0.29) is 17.7 Å². The summed E-state index contributed by atoms with van der Waals surface area (Å²) in [5.41, 5.74) is 2.85. The summed E-state index contributed by atoms with van der Waals surface area (Å²) in [7, 11) is 0. The number of aryl methyl sites for hydroxylation is 1. The van der Waals surface area contributed by atoms with Gasteiger partial charge < -0.3 is 10.1 Å². The van der Waals surface area contributed by atoms with E-state index in [0.717, 1.165) is 24.8 Å². The molecule has 1 atom stereocenters. The largest absolute Gasteiger partial charge is 0.435 e. The molecular formula is C18H17F2NO2. The predicted octanol–water partition coefficient (Wildman–Crippen LogP) is 4.10. The van der Waals surface area contributed by atoms with E-state index in [1.165, 1.54) is 29.8 Å². The van der Waals surface area contributed by atoms with Crippen LogP contribution >= 0.6 is 0 Å². The van der Waals surface area contributed by atoms with Crippen LogP contribution in [0, 0.1) is 0 Å². The lowest BCUT2D eigenvalue weighted by Gasteiger charge is -2.26. The summed E-state index contributed by atoms with van der Waals surface area (Å²) in [5.74, 6) is -0.171. The first-order chi connectivity index (χ1) is 11.1. The molecule has 1 aliphatic carbocycles. The zero-order valence-electron chi connectivity index (χ0n) is 12.5. The minimum absolute atomic E-state index is 0.00978. The van der Waals surface area contributed by atoms with Crippen LogP contribution in [0.25, 0.3) is 0 Å². The van der Waals surface area contributed by atoms with Gasteiger partial charge in [-0.1, -0.05) is 24.3 Å². The first-order valence-electron chi connectivity index (χ1n) is 7.57. The van der Waals surface area contributed by atoms with E-state index in [1.54, 1.807) is 0 Å². The van der Waals surface area contributed by atoms with Crippen LogP contribution in [0.3, 0.4) is 0 Å². The molecule has 2 aromatic carbocycles. The number of ether oxygens (including phenoxy) is 1. The maximum atomic E-state index is 12.4. The summed E-state index contributed by atoms with van der Waals surface area (Å²) >= 11 is 0. The van der Waals surface area contributed by atoms with Gasteiger partial charge in [0.25, 0.3) is 5.91 Å². The van der Waals surface area contributed by atoms with Gasteiger partial charge in [0.05, 0.1) is 6.04 Å². The normalized spacial score (nSPS) is 16.7. The van der Waals surface area contributed by atoms with Gasteiger partial charge >= 0.3 is 6.61 Å². The molecule has 0 heterocycles. The van der Waals surface area contributed by atoms with Crippen LogP contribution < -0.4 is 10.1 Å². The number of halogens is 2. The van der Waals surface area contributed by atoms with Gasteiger partial charge in [0.15, 0.2) is 0 Å². The molecule has 0 saturated carbocycles. The lowest BCUT2D eigenvalue weighted by Crippen LogP contribution is -2.30. The standard InChI is InChI=1S/C18H17F2NO2/c19-18(20)23-14-10-8-13(9-11-14)17(22)21-16-7-3-5-12-4-1-2-6-15(12)16/h1-2,4,6,8-11,16,18H,3,5,7H2,(H,21,22). The van der Waals surface area contributed by atoms with Crippen molar-refractivity contribution in [3.63, 3.8) is 0 Å². The highest BCUT2D eigenvalue weighted by Gasteiger charge is 2.21. The molecule has 1 N–H and O–H groups in total. The second-order valence-corrected chi connectivity index (χ2v) is 5.52. The number of carbonyl (C=O) groups excluding carboxylic acids is 1. The van der Waals surface area contributed by atoms with E-state index in [1.807, 2.05) is 18.2 Å². The fourth-order valence-corrected chi connectivity index (χ4v) is 2.93. The van der Waals surface area contributed by atoms with Crippen molar-refractivity contribution in [2.24, 2.45) is 0 Å². The lowest BCUT2D eigenvalue weighted by atomic mass is 9.87. The summed E-state index contributed by atoms with van der Waals surface area (Å²) in [4.78, 5) is 12.4. The molecule has 3 rings (SSSR count). The minimum atomic E-state index is -2.87. The van der Waals surface area contributed by atoms with Gasteiger partial charge in [0.2, 0.25) is 0 Å². The Bertz CT molecular complexity index is 686. The van der Waals surface area contributed by atoms with E-state index < -0.39 is 6.61 Å². The topological polar surface area (TPSA) is 38.3 Å². The molecule has 0 saturated heterocycles. The molecule has 23 heavy (non-hydrogen) atoms. The number of alkyl halides is 2. The Morgan fingerprint density at radius 1 is 1.13 bits per heavy atom. The van der Waals surface area contributed by atoms with Crippen molar-refractivity contribution < 1.29 is 18.3 Å². The van der Waals surface area contributed by atoms with Gasteiger partial charge in [-0.25, -0.2) is 0 Å². The Morgan fingerprint density at radius 2 is 1.87 bits per heavy atom. The van der Waals surface area contributed by atoms with Crippen molar-refractivity contribution in [3.8, 4) is 5.75 Å². The first-order valence-corrected chi connectivity index (χ1v) is 7.57. The van der Waals surface area contributed by atoms with Gasteiger partial charge in [-0.05, 0) is 54.7 Å². The molecule has 0 spiro atoms. The smallest absolute Gasteiger partial charge is 0.387 e. The Balaban J connectivity index is 1.70. The number of nitrogens with one attached hydrogen (secondary N) is 1. The van der Waals surface area contributed by atoms with Crippen LogP contribution in [-0.2, 0) is 6.42 Å². The fraction of sp³-hybridized carbons (Fsp3) is 0.278. The second kappa shape index (κ2) is 6.77. The van der Waals surface area contributed by atoms with Crippen molar-refractivity contribution in [1.82, 2.24) is 5.32 Å². The van der Waals surface area contributed by atoms with Crippen LogP contribution in [0.1, 0.15) is 40.4 Å². The highest BCUT2D eigenvalue weighted by molar-refractivity contribution is 5.94. The fourth-order valence-electron chi connectivity index (χ4n) is 2.93. The average molecular weight is 317 g/mol. The molecule has 1 aliphatic rings. The van der Waals surface area contributed by atoms with Gasteiger partial charge in [-0.2, -0.15) is 8.78 Å².